The van der Waals surface area contributed by atoms with Crippen LogP contribution >= 0.6 is 0 Å². The summed E-state index contributed by atoms with van der Waals surface area (Å²) in [6, 6.07) is 4.11. The van der Waals surface area contributed by atoms with Gasteiger partial charge < -0.3 is 10.2 Å². The monoisotopic (exact) mass is 306 g/mol. The van der Waals surface area contributed by atoms with Gasteiger partial charge in [0.2, 0.25) is 5.95 Å². The second kappa shape index (κ2) is 5.89. The Labute approximate surface area is 134 Å². The van der Waals surface area contributed by atoms with E-state index in [1.165, 1.54) is 0 Å². The van der Waals surface area contributed by atoms with Gasteiger partial charge in [-0.3, -0.25) is 9.97 Å². The lowest BCUT2D eigenvalue weighted by Gasteiger charge is -2.27. The van der Waals surface area contributed by atoms with Crippen molar-refractivity contribution in [2.45, 2.75) is 6.92 Å². The molecule has 0 amide bonds. The van der Waals surface area contributed by atoms with Gasteiger partial charge in [-0.2, -0.15) is 0 Å². The van der Waals surface area contributed by atoms with Gasteiger partial charge in [0, 0.05) is 56.5 Å². The number of hydrogen-bond donors (Lipinski definition) is 1. The van der Waals surface area contributed by atoms with Gasteiger partial charge in [0.15, 0.2) is 0 Å². The smallest absolute Gasteiger partial charge is 0.225 e. The van der Waals surface area contributed by atoms with Crippen molar-refractivity contribution in [1.29, 1.82) is 0 Å². The Bertz CT molecular complexity index is 824. The predicted octanol–water partition coefficient (Wildman–Crippen LogP) is 1.80. The third-order valence-electron chi connectivity index (χ3n) is 4.16. The van der Waals surface area contributed by atoms with Crippen molar-refractivity contribution < 1.29 is 0 Å². The molecule has 1 aliphatic heterocycles. The Morgan fingerprint density at radius 3 is 2.26 bits per heavy atom. The average Bonchev–Trinajstić information content (AvgIpc) is 2.62. The maximum Gasteiger partial charge on any atom is 0.225 e. The van der Waals surface area contributed by atoms with Crippen LogP contribution < -0.4 is 10.2 Å². The number of benzene rings is 1. The largest absolute Gasteiger partial charge is 0.338 e. The summed E-state index contributed by atoms with van der Waals surface area (Å²) in [5.74, 6) is 0.800. The molecule has 0 radical (unpaired) electrons. The molecule has 6 heteroatoms. The molecule has 3 heterocycles. The molecule has 1 aromatic carbocycles. The SMILES string of the molecule is Cc1cc2nccnc2cc1-c1cnc(N2CCNCC2)nc1. The second-order valence-corrected chi connectivity index (χ2v) is 5.72. The summed E-state index contributed by atoms with van der Waals surface area (Å²) < 4.78 is 0. The van der Waals surface area contributed by atoms with E-state index >= 15 is 0 Å². The number of rotatable bonds is 2. The molecule has 1 aliphatic rings. The summed E-state index contributed by atoms with van der Waals surface area (Å²) in [6.45, 7) is 5.93. The first kappa shape index (κ1) is 14.0. The lowest BCUT2D eigenvalue weighted by atomic mass is 10.0. The molecule has 0 atom stereocenters. The highest BCUT2D eigenvalue weighted by Gasteiger charge is 2.13. The molecule has 116 valence electrons. The zero-order chi connectivity index (χ0) is 15.6. The zero-order valence-corrected chi connectivity index (χ0v) is 13.0. The third-order valence-corrected chi connectivity index (χ3v) is 4.16. The number of nitrogens with zero attached hydrogens (tertiary/aromatic N) is 5. The summed E-state index contributed by atoms with van der Waals surface area (Å²) in [5, 5.41) is 3.34. The van der Waals surface area contributed by atoms with Gasteiger partial charge in [-0.1, -0.05) is 0 Å². The van der Waals surface area contributed by atoms with Crippen LogP contribution in [0.3, 0.4) is 0 Å². The molecule has 0 spiro atoms. The summed E-state index contributed by atoms with van der Waals surface area (Å²) in [5.41, 5.74) is 5.06. The van der Waals surface area contributed by atoms with Crippen molar-refractivity contribution in [2.75, 3.05) is 31.1 Å². The van der Waals surface area contributed by atoms with Crippen LogP contribution in [0, 0.1) is 6.92 Å². The average molecular weight is 306 g/mol. The minimum Gasteiger partial charge on any atom is -0.338 e. The molecule has 23 heavy (non-hydrogen) atoms. The highest BCUT2D eigenvalue weighted by molar-refractivity contribution is 5.83. The highest BCUT2D eigenvalue weighted by atomic mass is 15.3. The standard InChI is InChI=1S/C17H18N6/c1-12-8-15-16(20-3-2-19-15)9-14(12)13-10-21-17(22-11-13)23-6-4-18-5-7-23/h2-3,8-11,18H,4-7H2,1H3. The first-order chi connectivity index (χ1) is 11.3. The Morgan fingerprint density at radius 1 is 0.913 bits per heavy atom. The zero-order valence-electron chi connectivity index (χ0n) is 13.0. The van der Waals surface area contributed by atoms with E-state index in [4.69, 9.17) is 0 Å². The Hall–Kier alpha value is -2.60. The number of aryl methyl sites for hydroxylation is 1. The van der Waals surface area contributed by atoms with Crippen LogP contribution in [0.1, 0.15) is 5.56 Å². The molecular weight excluding hydrogens is 288 g/mol. The molecule has 4 rings (SSSR count). The minimum atomic E-state index is 0.800. The van der Waals surface area contributed by atoms with Crippen molar-refractivity contribution in [2.24, 2.45) is 0 Å². The predicted molar refractivity (Wildman–Crippen MR) is 90.4 cm³/mol. The van der Waals surface area contributed by atoms with Gasteiger partial charge in [-0.05, 0) is 30.2 Å². The van der Waals surface area contributed by atoms with Crippen molar-refractivity contribution in [3.05, 3.63) is 42.5 Å². The second-order valence-electron chi connectivity index (χ2n) is 5.72. The molecule has 0 bridgehead atoms. The van der Waals surface area contributed by atoms with E-state index < -0.39 is 0 Å². The normalized spacial score (nSPS) is 15.1. The lowest BCUT2D eigenvalue weighted by Crippen LogP contribution is -2.44. The topological polar surface area (TPSA) is 66.8 Å². The van der Waals surface area contributed by atoms with Gasteiger partial charge in [-0.25, -0.2) is 9.97 Å². The summed E-state index contributed by atoms with van der Waals surface area (Å²) in [7, 11) is 0. The number of aromatic nitrogens is 4. The molecule has 0 unspecified atom stereocenters. The molecule has 0 saturated carbocycles. The van der Waals surface area contributed by atoms with Crippen molar-refractivity contribution in [3.63, 3.8) is 0 Å². The molecule has 3 aromatic rings. The van der Waals surface area contributed by atoms with Crippen LogP contribution in [0.5, 0.6) is 0 Å². The highest BCUT2D eigenvalue weighted by Crippen LogP contribution is 2.26. The van der Waals surface area contributed by atoms with Gasteiger partial charge >= 0.3 is 0 Å². The van der Waals surface area contributed by atoms with Gasteiger partial charge in [0.25, 0.3) is 0 Å². The van der Waals surface area contributed by atoms with E-state index in [1.54, 1.807) is 12.4 Å². The van der Waals surface area contributed by atoms with E-state index in [0.717, 1.165) is 59.9 Å². The first-order valence-corrected chi connectivity index (χ1v) is 7.81. The fourth-order valence-corrected chi connectivity index (χ4v) is 2.91. The van der Waals surface area contributed by atoms with E-state index in [-0.39, 0.29) is 0 Å². The lowest BCUT2D eigenvalue weighted by molar-refractivity contribution is 0.580. The van der Waals surface area contributed by atoms with Crippen LogP contribution in [0.2, 0.25) is 0 Å². The number of nitrogens with one attached hydrogen (secondary N) is 1. The van der Waals surface area contributed by atoms with Gasteiger partial charge in [0.05, 0.1) is 11.0 Å². The number of piperazine rings is 1. The van der Waals surface area contributed by atoms with Crippen LogP contribution in [0.15, 0.2) is 36.9 Å². The summed E-state index contributed by atoms with van der Waals surface area (Å²) >= 11 is 0. The maximum atomic E-state index is 4.55. The summed E-state index contributed by atoms with van der Waals surface area (Å²) in [6.07, 6.45) is 7.22. The number of fused-ring (bicyclic) bond motifs is 1. The van der Waals surface area contributed by atoms with Crippen molar-refractivity contribution in [1.82, 2.24) is 25.3 Å². The minimum absolute atomic E-state index is 0.800. The Kier molecular flexibility index (Phi) is 3.59. The van der Waals surface area contributed by atoms with Crippen LogP contribution in [-0.4, -0.2) is 46.1 Å². The van der Waals surface area contributed by atoms with Crippen molar-refractivity contribution >= 4 is 17.0 Å². The number of hydrogen-bond acceptors (Lipinski definition) is 6. The molecular formula is C17H18N6. The maximum absolute atomic E-state index is 4.55. The van der Waals surface area contributed by atoms with Crippen molar-refractivity contribution in [3.8, 4) is 11.1 Å². The van der Waals surface area contributed by atoms with E-state index in [0.29, 0.717) is 0 Å². The van der Waals surface area contributed by atoms with Crippen LogP contribution in [-0.2, 0) is 0 Å². The quantitative estimate of drug-likeness (QED) is 0.779. The molecule has 2 aromatic heterocycles. The van der Waals surface area contributed by atoms with Gasteiger partial charge in [-0.15, -0.1) is 0 Å². The Balaban J connectivity index is 1.68. The Morgan fingerprint density at radius 2 is 1.57 bits per heavy atom. The van der Waals surface area contributed by atoms with E-state index in [9.17, 15) is 0 Å². The molecule has 1 saturated heterocycles. The fraction of sp³-hybridized carbons (Fsp3) is 0.294. The van der Waals surface area contributed by atoms with Crippen LogP contribution in [0.4, 0.5) is 5.95 Å². The fourth-order valence-electron chi connectivity index (χ4n) is 2.91. The molecule has 1 N–H and O–H groups in total. The van der Waals surface area contributed by atoms with Crippen LogP contribution in [0.25, 0.3) is 22.2 Å². The van der Waals surface area contributed by atoms with Gasteiger partial charge in [0.1, 0.15) is 0 Å². The molecule has 0 aliphatic carbocycles. The molecule has 1 fully saturated rings. The number of anilines is 1. The molecule has 6 nitrogen and oxygen atoms in total. The summed E-state index contributed by atoms with van der Waals surface area (Å²) in [4.78, 5) is 20.0. The third kappa shape index (κ3) is 2.73. The first-order valence-electron chi connectivity index (χ1n) is 7.81. The van der Waals surface area contributed by atoms with E-state index in [2.05, 4.69) is 49.2 Å². The van der Waals surface area contributed by atoms with E-state index in [1.807, 2.05) is 12.4 Å².